The minimum absolute atomic E-state index is 0.0866. The van der Waals surface area contributed by atoms with E-state index in [0.717, 1.165) is 11.3 Å². The third kappa shape index (κ3) is 3.47. The van der Waals surface area contributed by atoms with Crippen LogP contribution in [-0.4, -0.2) is 13.0 Å². The van der Waals surface area contributed by atoms with E-state index in [-0.39, 0.29) is 18.0 Å². The number of nitrogens with two attached hydrogens (primary N) is 1. The summed E-state index contributed by atoms with van der Waals surface area (Å²) >= 11 is 0. The Balaban J connectivity index is 2.03. The quantitative estimate of drug-likeness (QED) is 0.842. The number of methoxy groups -OCH3 is 1. The van der Waals surface area contributed by atoms with Crippen molar-refractivity contribution in [3.05, 3.63) is 53.8 Å². The topological polar surface area (TPSA) is 64.3 Å². The van der Waals surface area contributed by atoms with Gasteiger partial charge in [-0.25, -0.2) is 4.39 Å². The Morgan fingerprint density at radius 2 is 1.95 bits per heavy atom. The third-order valence-corrected chi connectivity index (χ3v) is 2.79. The Hall–Kier alpha value is -2.56. The van der Waals surface area contributed by atoms with Crippen molar-refractivity contribution in [2.24, 2.45) is 0 Å². The van der Waals surface area contributed by atoms with Gasteiger partial charge in [-0.05, 0) is 35.9 Å². The maximum atomic E-state index is 13.5. The second-order valence-electron chi connectivity index (χ2n) is 4.31. The molecule has 0 aliphatic rings. The van der Waals surface area contributed by atoms with Gasteiger partial charge < -0.3 is 15.8 Å². The van der Waals surface area contributed by atoms with Gasteiger partial charge in [0.15, 0.2) is 0 Å². The minimum atomic E-state index is -0.512. The summed E-state index contributed by atoms with van der Waals surface area (Å²) in [6, 6.07) is 11.2. The molecule has 4 nitrogen and oxygen atoms in total. The number of hydrogen-bond donors (Lipinski definition) is 2. The number of ether oxygens (including phenoxy) is 1. The third-order valence-electron chi connectivity index (χ3n) is 2.79. The van der Waals surface area contributed by atoms with E-state index in [9.17, 15) is 9.18 Å². The molecule has 2 aromatic rings. The summed E-state index contributed by atoms with van der Waals surface area (Å²) < 4.78 is 18.5. The summed E-state index contributed by atoms with van der Waals surface area (Å²) in [7, 11) is 1.57. The van der Waals surface area contributed by atoms with Crippen LogP contribution in [0.5, 0.6) is 5.75 Å². The summed E-state index contributed by atoms with van der Waals surface area (Å²) in [6.07, 6.45) is 0.151. The number of hydrogen-bond acceptors (Lipinski definition) is 3. The highest BCUT2D eigenvalue weighted by Crippen LogP contribution is 2.18. The zero-order valence-electron chi connectivity index (χ0n) is 11.0. The fourth-order valence-corrected chi connectivity index (χ4v) is 1.76. The number of carbonyl (C=O) groups is 1. The molecule has 3 N–H and O–H groups in total. The molecule has 0 unspecified atom stereocenters. The normalized spacial score (nSPS) is 10.1. The number of nitrogens with one attached hydrogen (secondary N) is 1. The van der Waals surface area contributed by atoms with Crippen LogP contribution < -0.4 is 15.8 Å². The molecule has 5 heteroatoms. The van der Waals surface area contributed by atoms with Crippen LogP contribution in [0.4, 0.5) is 15.8 Å². The van der Waals surface area contributed by atoms with Gasteiger partial charge in [0.25, 0.3) is 0 Å². The number of carbonyl (C=O) groups excluding carboxylic acids is 1. The highest BCUT2D eigenvalue weighted by atomic mass is 19.1. The van der Waals surface area contributed by atoms with Crippen molar-refractivity contribution >= 4 is 17.3 Å². The molecule has 0 radical (unpaired) electrons. The molecule has 20 heavy (non-hydrogen) atoms. The molecule has 1 amide bonds. The van der Waals surface area contributed by atoms with E-state index in [2.05, 4.69) is 5.32 Å². The van der Waals surface area contributed by atoms with Crippen LogP contribution in [0.3, 0.4) is 0 Å². The maximum Gasteiger partial charge on any atom is 0.228 e. The van der Waals surface area contributed by atoms with Crippen LogP contribution in [0.15, 0.2) is 42.5 Å². The van der Waals surface area contributed by atoms with E-state index in [4.69, 9.17) is 10.5 Å². The van der Waals surface area contributed by atoms with Crippen molar-refractivity contribution in [3.8, 4) is 5.75 Å². The van der Waals surface area contributed by atoms with Gasteiger partial charge in [-0.3, -0.25) is 4.79 Å². The lowest BCUT2D eigenvalue weighted by atomic mass is 10.1. The largest absolute Gasteiger partial charge is 0.497 e. The predicted octanol–water partition coefficient (Wildman–Crippen LogP) is 2.60. The van der Waals surface area contributed by atoms with Crippen molar-refractivity contribution in [1.82, 2.24) is 0 Å². The number of halogens is 1. The van der Waals surface area contributed by atoms with Crippen molar-refractivity contribution < 1.29 is 13.9 Å². The van der Waals surface area contributed by atoms with Gasteiger partial charge in [-0.15, -0.1) is 0 Å². The van der Waals surface area contributed by atoms with Gasteiger partial charge in [0.05, 0.1) is 19.2 Å². The number of amides is 1. The molecule has 0 aromatic heterocycles. The second kappa shape index (κ2) is 6.06. The van der Waals surface area contributed by atoms with Gasteiger partial charge in [0, 0.05) is 5.69 Å². The van der Waals surface area contributed by atoms with Crippen molar-refractivity contribution in [3.63, 3.8) is 0 Å². The zero-order chi connectivity index (χ0) is 14.5. The molecule has 0 aliphatic heterocycles. The van der Waals surface area contributed by atoms with E-state index < -0.39 is 5.82 Å². The van der Waals surface area contributed by atoms with Gasteiger partial charge in [-0.2, -0.15) is 0 Å². The molecular weight excluding hydrogens is 259 g/mol. The van der Waals surface area contributed by atoms with Gasteiger partial charge in [0.2, 0.25) is 5.91 Å². The number of rotatable bonds is 4. The first kappa shape index (κ1) is 13.9. The lowest BCUT2D eigenvalue weighted by molar-refractivity contribution is -0.115. The summed E-state index contributed by atoms with van der Waals surface area (Å²) in [5.41, 5.74) is 6.85. The molecular formula is C15H15FN2O2. The second-order valence-corrected chi connectivity index (χ2v) is 4.31. The van der Waals surface area contributed by atoms with E-state index in [1.54, 1.807) is 31.4 Å². The van der Waals surface area contributed by atoms with Crippen molar-refractivity contribution in [1.29, 1.82) is 0 Å². The van der Waals surface area contributed by atoms with E-state index >= 15 is 0 Å². The molecule has 2 rings (SSSR count). The number of anilines is 2. The molecule has 0 bridgehead atoms. The Bertz CT molecular complexity index is 612. The fourth-order valence-electron chi connectivity index (χ4n) is 1.76. The summed E-state index contributed by atoms with van der Waals surface area (Å²) in [5.74, 6) is -0.0991. The minimum Gasteiger partial charge on any atom is -0.497 e. The van der Waals surface area contributed by atoms with Crippen LogP contribution in [-0.2, 0) is 11.2 Å². The first-order valence-corrected chi connectivity index (χ1v) is 6.06. The van der Waals surface area contributed by atoms with Gasteiger partial charge in [-0.1, -0.05) is 12.1 Å². The highest BCUT2D eigenvalue weighted by Gasteiger charge is 2.08. The number of nitrogen functional groups attached to an aromatic ring is 1. The molecule has 2 aromatic carbocycles. The van der Waals surface area contributed by atoms with E-state index in [1.165, 1.54) is 18.2 Å². The van der Waals surface area contributed by atoms with Crippen LogP contribution in [0, 0.1) is 5.82 Å². The molecule has 0 spiro atoms. The number of benzene rings is 2. The van der Waals surface area contributed by atoms with Crippen molar-refractivity contribution in [2.45, 2.75) is 6.42 Å². The molecule has 0 atom stereocenters. The average Bonchev–Trinajstić information content (AvgIpc) is 2.43. The molecule has 0 aliphatic carbocycles. The monoisotopic (exact) mass is 274 g/mol. The van der Waals surface area contributed by atoms with E-state index in [1.807, 2.05) is 0 Å². The Labute approximate surface area is 116 Å². The molecule has 0 saturated carbocycles. The van der Waals surface area contributed by atoms with E-state index in [0.29, 0.717) is 5.69 Å². The smallest absolute Gasteiger partial charge is 0.228 e. The van der Waals surface area contributed by atoms with Gasteiger partial charge in [0.1, 0.15) is 11.6 Å². The Morgan fingerprint density at radius 1 is 1.25 bits per heavy atom. The highest BCUT2D eigenvalue weighted by molar-refractivity contribution is 5.92. The van der Waals surface area contributed by atoms with Crippen LogP contribution in [0.2, 0.25) is 0 Å². The molecule has 0 saturated heterocycles. The van der Waals surface area contributed by atoms with Crippen molar-refractivity contribution in [2.75, 3.05) is 18.2 Å². The molecule has 104 valence electrons. The average molecular weight is 274 g/mol. The van der Waals surface area contributed by atoms with Crippen LogP contribution >= 0.6 is 0 Å². The Morgan fingerprint density at radius 3 is 2.60 bits per heavy atom. The zero-order valence-corrected chi connectivity index (χ0v) is 11.0. The molecule has 0 heterocycles. The van der Waals surface area contributed by atoms with Crippen LogP contribution in [0.1, 0.15) is 5.56 Å². The van der Waals surface area contributed by atoms with Gasteiger partial charge >= 0.3 is 0 Å². The summed E-state index contributed by atoms with van der Waals surface area (Å²) in [5, 5.41) is 2.50. The SMILES string of the molecule is COc1ccc(CC(=O)Nc2cc(N)ccc2F)cc1. The predicted molar refractivity (Wildman–Crippen MR) is 76.1 cm³/mol. The lowest BCUT2D eigenvalue weighted by Crippen LogP contribution is -2.15. The Kier molecular flexibility index (Phi) is 4.20. The first-order valence-electron chi connectivity index (χ1n) is 6.06. The maximum absolute atomic E-state index is 13.5. The standard InChI is InChI=1S/C15H15FN2O2/c1-20-12-5-2-10(3-6-12)8-15(19)18-14-9-11(17)4-7-13(14)16/h2-7,9H,8,17H2,1H3,(H,18,19). The van der Waals surface area contributed by atoms with Crippen LogP contribution in [0.25, 0.3) is 0 Å². The molecule has 0 fully saturated rings. The summed E-state index contributed by atoms with van der Waals surface area (Å²) in [4.78, 5) is 11.9. The first-order chi connectivity index (χ1) is 9.58. The fraction of sp³-hybridized carbons (Fsp3) is 0.133. The summed E-state index contributed by atoms with van der Waals surface area (Å²) in [6.45, 7) is 0. The lowest BCUT2D eigenvalue weighted by Gasteiger charge is -2.08.